The van der Waals surface area contributed by atoms with Gasteiger partial charge in [-0.05, 0) is 63.9 Å². The summed E-state index contributed by atoms with van der Waals surface area (Å²) in [6.45, 7) is 9.38. The Morgan fingerprint density at radius 2 is 1.50 bits per heavy atom. The predicted octanol–water partition coefficient (Wildman–Crippen LogP) is 0.672. The highest BCUT2D eigenvalue weighted by atomic mass is 16.5. The minimum Gasteiger partial charge on any atom is -0.379 e. The van der Waals surface area contributed by atoms with Crippen LogP contribution in [0.1, 0.15) is 51.5 Å². The van der Waals surface area contributed by atoms with Crippen LogP contribution in [0.25, 0.3) is 0 Å². The number of carbonyl (C=O) groups excluding carboxylic acids is 5. The highest BCUT2D eigenvalue weighted by Gasteiger charge is 2.29. The first kappa shape index (κ1) is 40.2. The maximum absolute atomic E-state index is 13.6. The van der Waals surface area contributed by atoms with Crippen LogP contribution in [-0.4, -0.2) is 106 Å². The van der Waals surface area contributed by atoms with Crippen LogP contribution >= 0.6 is 0 Å². The highest BCUT2D eigenvalue weighted by Crippen LogP contribution is 2.09. The van der Waals surface area contributed by atoms with Crippen LogP contribution in [-0.2, 0) is 39.9 Å². The molecule has 2 unspecified atom stereocenters. The Hall–Kier alpha value is -3.81. The third-order valence-corrected chi connectivity index (χ3v) is 6.86. The zero-order chi connectivity index (χ0) is 34.3. The third kappa shape index (κ3) is 18.9. The highest BCUT2D eigenvalue weighted by molar-refractivity contribution is 5.94. The number of primary amides is 1. The maximum Gasteiger partial charge on any atom is 0.243 e. The molecule has 1 aromatic rings. The summed E-state index contributed by atoms with van der Waals surface area (Å²) in [5.41, 5.74) is 6.37. The Kier molecular flexibility index (Phi) is 20.6. The van der Waals surface area contributed by atoms with Crippen LogP contribution in [0.15, 0.2) is 43.0 Å². The Labute approximate surface area is 273 Å². The van der Waals surface area contributed by atoms with Crippen LogP contribution in [0, 0.1) is 5.92 Å². The van der Waals surface area contributed by atoms with Gasteiger partial charge in [-0.1, -0.05) is 50.8 Å². The zero-order valence-corrected chi connectivity index (χ0v) is 27.8. The Morgan fingerprint density at radius 3 is 2.11 bits per heavy atom. The molecule has 13 heteroatoms. The van der Waals surface area contributed by atoms with Crippen molar-refractivity contribution < 1.29 is 33.4 Å². The van der Waals surface area contributed by atoms with Crippen molar-refractivity contribution in [2.45, 2.75) is 70.5 Å². The van der Waals surface area contributed by atoms with E-state index in [4.69, 9.17) is 15.2 Å². The van der Waals surface area contributed by atoms with Crippen molar-refractivity contribution >= 4 is 29.5 Å². The van der Waals surface area contributed by atoms with E-state index >= 15 is 0 Å². The van der Waals surface area contributed by atoms with Crippen LogP contribution < -0.4 is 27.0 Å². The SMILES string of the molecule is C=CC(=O)NCCOCCOCCC(=O)NC(CCCCN(C)C)C(=O)N[C@@H](Cc1ccccc1)C(=O)NC(CC(C)C)C(N)=O. The summed E-state index contributed by atoms with van der Waals surface area (Å²) in [5.74, 6) is -2.21. The molecule has 3 atom stereocenters. The lowest BCUT2D eigenvalue weighted by Crippen LogP contribution is -2.57. The molecule has 0 radical (unpaired) electrons. The molecule has 1 aromatic carbocycles. The molecule has 0 aliphatic rings. The second kappa shape index (κ2) is 23.5. The van der Waals surface area contributed by atoms with E-state index in [-0.39, 0.29) is 43.8 Å². The van der Waals surface area contributed by atoms with Gasteiger partial charge in [0, 0.05) is 19.4 Å². The van der Waals surface area contributed by atoms with E-state index in [1.165, 1.54) is 6.08 Å². The van der Waals surface area contributed by atoms with Gasteiger partial charge in [0.25, 0.3) is 0 Å². The predicted molar refractivity (Wildman–Crippen MR) is 176 cm³/mol. The molecule has 0 saturated heterocycles. The first-order valence-electron chi connectivity index (χ1n) is 15.9. The Balaban J connectivity index is 2.84. The van der Waals surface area contributed by atoms with Crippen molar-refractivity contribution in [1.29, 1.82) is 0 Å². The van der Waals surface area contributed by atoms with Gasteiger partial charge in [-0.15, -0.1) is 0 Å². The molecular weight excluding hydrogens is 592 g/mol. The van der Waals surface area contributed by atoms with E-state index in [0.717, 1.165) is 18.5 Å². The summed E-state index contributed by atoms with van der Waals surface area (Å²) in [7, 11) is 3.92. The second-order valence-corrected chi connectivity index (χ2v) is 11.7. The Bertz CT molecular complexity index is 1080. The van der Waals surface area contributed by atoms with Crippen LogP contribution in [0.4, 0.5) is 0 Å². The molecule has 0 fully saturated rings. The molecule has 0 spiro atoms. The Morgan fingerprint density at radius 1 is 0.870 bits per heavy atom. The lowest BCUT2D eigenvalue weighted by atomic mass is 10.0. The molecule has 46 heavy (non-hydrogen) atoms. The smallest absolute Gasteiger partial charge is 0.243 e. The minimum atomic E-state index is -1.00. The second-order valence-electron chi connectivity index (χ2n) is 11.7. The number of amides is 5. The molecule has 5 amide bonds. The summed E-state index contributed by atoms with van der Waals surface area (Å²) < 4.78 is 10.8. The lowest BCUT2D eigenvalue weighted by molar-refractivity contribution is -0.133. The van der Waals surface area contributed by atoms with E-state index in [1.54, 1.807) is 0 Å². The van der Waals surface area contributed by atoms with Crippen LogP contribution in [0.2, 0.25) is 0 Å². The molecule has 1 rings (SSSR count). The van der Waals surface area contributed by atoms with Crippen LogP contribution in [0.5, 0.6) is 0 Å². The van der Waals surface area contributed by atoms with E-state index in [0.29, 0.717) is 39.0 Å². The molecule has 0 aromatic heterocycles. The van der Waals surface area contributed by atoms with Crippen LogP contribution in [0.3, 0.4) is 0 Å². The molecule has 258 valence electrons. The topological polar surface area (TPSA) is 181 Å². The number of nitrogens with zero attached hydrogens (tertiary/aromatic N) is 1. The van der Waals surface area contributed by atoms with Crippen molar-refractivity contribution in [1.82, 2.24) is 26.2 Å². The van der Waals surface area contributed by atoms with E-state index in [2.05, 4.69) is 27.8 Å². The average molecular weight is 647 g/mol. The molecule has 13 nitrogen and oxygen atoms in total. The number of rotatable bonds is 25. The van der Waals surface area contributed by atoms with Crippen molar-refractivity contribution in [3.63, 3.8) is 0 Å². The largest absolute Gasteiger partial charge is 0.379 e. The van der Waals surface area contributed by atoms with Crippen molar-refractivity contribution in [2.75, 3.05) is 53.6 Å². The summed E-state index contributed by atoms with van der Waals surface area (Å²) in [5, 5.41) is 10.9. The minimum absolute atomic E-state index is 0.0281. The number of benzene rings is 1. The number of hydrogen-bond acceptors (Lipinski definition) is 8. The van der Waals surface area contributed by atoms with Gasteiger partial charge in [-0.3, -0.25) is 24.0 Å². The first-order valence-corrected chi connectivity index (χ1v) is 15.9. The van der Waals surface area contributed by atoms with E-state index < -0.39 is 35.8 Å². The molecule has 0 aliphatic carbocycles. The monoisotopic (exact) mass is 646 g/mol. The molecular formula is C33H54N6O7. The number of ether oxygens (including phenoxy) is 2. The molecule has 0 heterocycles. The van der Waals surface area contributed by atoms with E-state index in [9.17, 15) is 24.0 Å². The summed E-state index contributed by atoms with van der Waals surface area (Å²) >= 11 is 0. The van der Waals surface area contributed by atoms with Gasteiger partial charge in [0.05, 0.1) is 26.4 Å². The van der Waals surface area contributed by atoms with Crippen molar-refractivity contribution in [2.24, 2.45) is 11.7 Å². The number of hydrogen-bond donors (Lipinski definition) is 5. The van der Waals surface area contributed by atoms with Gasteiger partial charge in [-0.2, -0.15) is 0 Å². The summed E-state index contributed by atoms with van der Waals surface area (Å²) in [6.07, 6.45) is 3.62. The van der Waals surface area contributed by atoms with Crippen molar-refractivity contribution in [3.8, 4) is 0 Å². The average Bonchev–Trinajstić information content (AvgIpc) is 3.00. The first-order chi connectivity index (χ1) is 21.9. The molecule has 6 N–H and O–H groups in total. The van der Waals surface area contributed by atoms with Gasteiger partial charge in [-0.25, -0.2) is 0 Å². The fourth-order valence-electron chi connectivity index (χ4n) is 4.44. The third-order valence-electron chi connectivity index (χ3n) is 6.86. The summed E-state index contributed by atoms with van der Waals surface area (Å²) in [6, 6.07) is 6.46. The van der Waals surface area contributed by atoms with E-state index in [1.807, 2.05) is 63.2 Å². The quantitative estimate of drug-likeness (QED) is 0.0759. The van der Waals surface area contributed by atoms with Gasteiger partial charge >= 0.3 is 0 Å². The molecule has 0 aliphatic heterocycles. The van der Waals surface area contributed by atoms with Gasteiger partial charge in [0.1, 0.15) is 18.1 Å². The number of carbonyl (C=O) groups is 5. The number of nitrogens with two attached hydrogens (primary N) is 1. The number of unbranched alkanes of at least 4 members (excludes halogenated alkanes) is 1. The van der Waals surface area contributed by atoms with Gasteiger partial charge < -0.3 is 41.4 Å². The fraction of sp³-hybridized carbons (Fsp3) is 0.606. The standard InChI is InChI=1S/C33H54N6O7/c1-6-29(40)35-16-19-46-21-20-45-18-15-30(41)36-26(14-10-11-17-39(4)5)32(43)38-28(23-25-12-8-7-9-13-25)33(44)37-27(31(34)42)22-24(2)3/h6-9,12-13,24,26-28H,1,10-11,14-23H2,2-5H3,(H2,34,42)(H,35,40)(H,36,41)(H,37,44)(H,38,43)/t26?,27?,28-/m0/s1. The number of nitrogens with one attached hydrogen (secondary N) is 4. The summed E-state index contributed by atoms with van der Waals surface area (Å²) in [4.78, 5) is 65.0. The molecule has 0 saturated carbocycles. The molecule has 0 bridgehead atoms. The zero-order valence-electron chi connectivity index (χ0n) is 27.8. The fourth-order valence-corrected chi connectivity index (χ4v) is 4.44. The normalized spacial score (nSPS) is 13.0. The van der Waals surface area contributed by atoms with Crippen molar-refractivity contribution in [3.05, 3.63) is 48.6 Å². The van der Waals surface area contributed by atoms with Gasteiger partial charge in [0.15, 0.2) is 0 Å². The lowest BCUT2D eigenvalue weighted by Gasteiger charge is -2.25. The van der Waals surface area contributed by atoms with Gasteiger partial charge in [0.2, 0.25) is 29.5 Å². The maximum atomic E-state index is 13.6.